The predicted molar refractivity (Wildman–Crippen MR) is 68.2 cm³/mol. The maximum atomic E-state index is 10.7. The Morgan fingerprint density at radius 3 is 3.00 bits per heavy atom. The number of rotatable bonds is 3. The molecule has 0 amide bonds. The molecule has 0 atom stereocenters. The molecule has 0 unspecified atom stereocenters. The Labute approximate surface area is 105 Å². The third-order valence-corrected chi connectivity index (χ3v) is 3.05. The van der Waals surface area contributed by atoms with Gasteiger partial charge in [-0.3, -0.25) is 15.0 Å². The van der Waals surface area contributed by atoms with Gasteiger partial charge in [0.2, 0.25) is 0 Å². The average Bonchev–Trinajstić information content (AvgIpc) is 2.60. The van der Waals surface area contributed by atoms with Crippen LogP contribution in [0.15, 0.2) is 18.2 Å². The average molecular weight is 251 g/mol. The molecule has 0 radical (unpaired) electrons. The highest BCUT2D eigenvalue weighted by Gasteiger charge is 2.14. The van der Waals surface area contributed by atoms with Crippen molar-refractivity contribution in [1.29, 1.82) is 0 Å². The fraction of sp³-hybridized carbons (Fsp3) is 0.500. The molecule has 0 spiro atoms. The van der Waals surface area contributed by atoms with Gasteiger partial charge in [0.15, 0.2) is 0 Å². The number of nitro benzene ring substituents is 1. The quantitative estimate of drug-likeness (QED) is 0.499. The van der Waals surface area contributed by atoms with Crippen molar-refractivity contribution in [3.8, 4) is 0 Å². The number of nitrogens with two attached hydrogens (primary N) is 1. The van der Waals surface area contributed by atoms with Crippen LogP contribution < -0.4 is 5.73 Å². The number of nitrogen functional groups attached to an aromatic ring is 1. The number of hydrogen-bond donors (Lipinski definition) is 1. The van der Waals surface area contributed by atoms with Crippen molar-refractivity contribution in [2.75, 3.05) is 32.0 Å². The van der Waals surface area contributed by atoms with Crippen LogP contribution in [0.25, 0.3) is 0 Å². The van der Waals surface area contributed by atoms with Crippen molar-refractivity contribution in [1.82, 2.24) is 4.90 Å². The van der Waals surface area contributed by atoms with Crippen molar-refractivity contribution >= 4 is 11.4 Å². The first kappa shape index (κ1) is 12.8. The fourth-order valence-corrected chi connectivity index (χ4v) is 2.04. The van der Waals surface area contributed by atoms with Gasteiger partial charge in [-0.05, 0) is 18.1 Å². The van der Waals surface area contributed by atoms with Gasteiger partial charge in [0, 0.05) is 44.1 Å². The van der Waals surface area contributed by atoms with E-state index in [1.807, 2.05) is 0 Å². The van der Waals surface area contributed by atoms with Crippen molar-refractivity contribution in [3.63, 3.8) is 0 Å². The summed E-state index contributed by atoms with van der Waals surface area (Å²) in [6.45, 7) is 3.89. The number of benzene rings is 1. The molecule has 2 N–H and O–H groups in total. The topological polar surface area (TPSA) is 81.6 Å². The van der Waals surface area contributed by atoms with Crippen LogP contribution >= 0.6 is 0 Å². The Balaban J connectivity index is 2.11. The molecule has 0 aliphatic carbocycles. The number of anilines is 1. The predicted octanol–water partition coefficient (Wildman–Crippen LogP) is 1.40. The van der Waals surface area contributed by atoms with Crippen molar-refractivity contribution in [2.24, 2.45) is 0 Å². The molecule has 1 aromatic carbocycles. The van der Waals surface area contributed by atoms with Gasteiger partial charge in [-0.1, -0.05) is 0 Å². The molecular formula is C12H17N3O3. The normalized spacial score (nSPS) is 17.3. The second-order valence-corrected chi connectivity index (χ2v) is 4.38. The molecule has 0 aromatic heterocycles. The lowest BCUT2D eigenvalue weighted by Crippen LogP contribution is -2.26. The molecule has 2 rings (SSSR count). The second kappa shape index (κ2) is 5.79. The van der Waals surface area contributed by atoms with E-state index in [9.17, 15) is 10.1 Å². The van der Waals surface area contributed by atoms with Crippen molar-refractivity contribution in [3.05, 3.63) is 33.9 Å². The van der Waals surface area contributed by atoms with Gasteiger partial charge in [0.25, 0.3) is 5.69 Å². The minimum Gasteiger partial charge on any atom is -0.398 e. The fourth-order valence-electron chi connectivity index (χ4n) is 2.04. The lowest BCUT2D eigenvalue weighted by atomic mass is 10.1. The van der Waals surface area contributed by atoms with E-state index in [1.54, 1.807) is 12.1 Å². The summed E-state index contributed by atoms with van der Waals surface area (Å²) >= 11 is 0. The Morgan fingerprint density at radius 2 is 2.22 bits per heavy atom. The second-order valence-electron chi connectivity index (χ2n) is 4.38. The van der Waals surface area contributed by atoms with E-state index in [0.29, 0.717) is 18.8 Å². The molecule has 6 heteroatoms. The van der Waals surface area contributed by atoms with E-state index in [0.717, 1.165) is 31.7 Å². The van der Waals surface area contributed by atoms with E-state index in [1.165, 1.54) is 6.07 Å². The summed E-state index contributed by atoms with van der Waals surface area (Å²) in [6.07, 6.45) is 0.981. The third-order valence-electron chi connectivity index (χ3n) is 3.05. The molecule has 1 aromatic rings. The number of non-ortho nitro benzene ring substituents is 1. The largest absolute Gasteiger partial charge is 0.398 e. The molecule has 0 bridgehead atoms. The third kappa shape index (κ3) is 3.18. The maximum Gasteiger partial charge on any atom is 0.269 e. The molecular weight excluding hydrogens is 234 g/mol. The standard InChI is InChI=1S/C12H17N3O3/c13-12-3-2-11(15(16)17)8-10(12)9-14-4-1-6-18-7-5-14/h2-3,8H,1,4-7,9,13H2. The molecule has 1 fully saturated rings. The smallest absolute Gasteiger partial charge is 0.269 e. The zero-order chi connectivity index (χ0) is 13.0. The number of nitro groups is 1. The van der Waals surface area contributed by atoms with Crippen molar-refractivity contribution in [2.45, 2.75) is 13.0 Å². The van der Waals surface area contributed by atoms with Gasteiger partial charge in [0.05, 0.1) is 11.5 Å². The van der Waals surface area contributed by atoms with Gasteiger partial charge in [-0.25, -0.2) is 0 Å². The van der Waals surface area contributed by atoms with Gasteiger partial charge < -0.3 is 10.5 Å². The van der Waals surface area contributed by atoms with E-state index >= 15 is 0 Å². The van der Waals surface area contributed by atoms with Crippen LogP contribution in [0, 0.1) is 10.1 Å². The molecule has 1 aliphatic heterocycles. The Kier molecular flexibility index (Phi) is 4.11. The number of nitrogens with zero attached hydrogens (tertiary/aromatic N) is 2. The summed E-state index contributed by atoms with van der Waals surface area (Å²) in [5.74, 6) is 0. The van der Waals surface area contributed by atoms with E-state index in [2.05, 4.69) is 4.90 Å². The SMILES string of the molecule is Nc1ccc([N+](=O)[O-])cc1CN1CCCOCC1. The minimum atomic E-state index is -0.394. The molecule has 1 aliphatic rings. The molecule has 1 saturated heterocycles. The summed E-state index contributed by atoms with van der Waals surface area (Å²) in [7, 11) is 0. The van der Waals surface area contributed by atoms with Crippen LogP contribution in [0.3, 0.4) is 0 Å². The molecule has 1 heterocycles. The summed E-state index contributed by atoms with van der Waals surface area (Å²) in [4.78, 5) is 12.6. The van der Waals surface area contributed by atoms with E-state index in [4.69, 9.17) is 10.5 Å². The van der Waals surface area contributed by atoms with E-state index in [-0.39, 0.29) is 5.69 Å². The monoisotopic (exact) mass is 251 g/mol. The van der Waals surface area contributed by atoms with Gasteiger partial charge in [0.1, 0.15) is 0 Å². The first-order valence-corrected chi connectivity index (χ1v) is 6.00. The van der Waals surface area contributed by atoms with Gasteiger partial charge in [-0.15, -0.1) is 0 Å². The number of hydrogen-bond acceptors (Lipinski definition) is 5. The lowest BCUT2D eigenvalue weighted by Gasteiger charge is -2.19. The summed E-state index contributed by atoms with van der Waals surface area (Å²) in [5, 5.41) is 10.7. The lowest BCUT2D eigenvalue weighted by molar-refractivity contribution is -0.384. The van der Waals surface area contributed by atoms with Crippen LogP contribution in [-0.2, 0) is 11.3 Å². The first-order valence-electron chi connectivity index (χ1n) is 6.00. The first-order chi connectivity index (χ1) is 8.66. The Hall–Kier alpha value is -1.66. The summed E-state index contributed by atoms with van der Waals surface area (Å²) in [6, 6.07) is 4.59. The van der Waals surface area contributed by atoms with E-state index < -0.39 is 4.92 Å². The van der Waals surface area contributed by atoms with Gasteiger partial charge in [-0.2, -0.15) is 0 Å². The van der Waals surface area contributed by atoms with Crippen LogP contribution in [-0.4, -0.2) is 36.1 Å². The van der Waals surface area contributed by atoms with Crippen molar-refractivity contribution < 1.29 is 9.66 Å². The molecule has 6 nitrogen and oxygen atoms in total. The minimum absolute atomic E-state index is 0.0882. The van der Waals surface area contributed by atoms with Crippen LogP contribution in [0.4, 0.5) is 11.4 Å². The van der Waals surface area contributed by atoms with Crippen LogP contribution in [0.1, 0.15) is 12.0 Å². The molecule has 98 valence electrons. The Bertz CT molecular complexity index is 429. The Morgan fingerprint density at radius 1 is 1.39 bits per heavy atom. The van der Waals surface area contributed by atoms with Gasteiger partial charge >= 0.3 is 0 Å². The zero-order valence-corrected chi connectivity index (χ0v) is 10.2. The van der Waals surface area contributed by atoms with Crippen LogP contribution in [0.2, 0.25) is 0 Å². The summed E-state index contributed by atoms with van der Waals surface area (Å²) in [5.41, 5.74) is 7.37. The maximum absolute atomic E-state index is 10.7. The molecule has 18 heavy (non-hydrogen) atoms. The summed E-state index contributed by atoms with van der Waals surface area (Å²) < 4.78 is 5.37. The highest BCUT2D eigenvalue weighted by Crippen LogP contribution is 2.21. The van der Waals surface area contributed by atoms with Crippen LogP contribution in [0.5, 0.6) is 0 Å². The number of ether oxygens (including phenoxy) is 1. The highest BCUT2D eigenvalue weighted by atomic mass is 16.6. The molecule has 0 saturated carbocycles. The highest BCUT2D eigenvalue weighted by molar-refractivity contribution is 5.52. The zero-order valence-electron chi connectivity index (χ0n) is 10.2.